The maximum Gasteiger partial charge on any atom is 0.333 e. The maximum absolute atomic E-state index is 11.3. The lowest BCUT2D eigenvalue weighted by Gasteiger charge is -2.14. The van der Waals surface area contributed by atoms with E-state index >= 15 is 0 Å². The minimum atomic E-state index is -0.480. The SMILES string of the molecule is COCC(C)Nc1nc(C)c([N+](=O)[O-])c(-n2ccnc2C)n1. The summed E-state index contributed by atoms with van der Waals surface area (Å²) in [5.41, 5.74) is 0.154. The maximum atomic E-state index is 11.3. The Morgan fingerprint density at radius 3 is 2.73 bits per heavy atom. The van der Waals surface area contributed by atoms with Crippen LogP contribution in [0, 0.1) is 24.0 Å². The number of imidazole rings is 1. The first-order valence-corrected chi connectivity index (χ1v) is 6.72. The van der Waals surface area contributed by atoms with Crippen LogP contribution in [-0.4, -0.2) is 44.2 Å². The van der Waals surface area contributed by atoms with Gasteiger partial charge in [0, 0.05) is 25.5 Å². The number of nitro groups is 1. The van der Waals surface area contributed by atoms with E-state index in [1.807, 2.05) is 6.92 Å². The fraction of sp³-hybridized carbons (Fsp3) is 0.462. The van der Waals surface area contributed by atoms with E-state index in [1.54, 1.807) is 37.9 Å². The number of anilines is 1. The monoisotopic (exact) mass is 306 g/mol. The number of ether oxygens (including phenoxy) is 1. The highest BCUT2D eigenvalue weighted by Gasteiger charge is 2.24. The number of nitrogens with one attached hydrogen (secondary N) is 1. The van der Waals surface area contributed by atoms with E-state index in [9.17, 15) is 10.1 Å². The summed E-state index contributed by atoms with van der Waals surface area (Å²) in [6.45, 7) is 5.72. The Hall–Kier alpha value is -2.55. The summed E-state index contributed by atoms with van der Waals surface area (Å²) in [6.07, 6.45) is 3.20. The van der Waals surface area contributed by atoms with Gasteiger partial charge in [-0.1, -0.05) is 0 Å². The first-order chi connectivity index (χ1) is 10.4. The minimum absolute atomic E-state index is 0.0254. The van der Waals surface area contributed by atoms with E-state index in [1.165, 1.54) is 0 Å². The standard InChI is InChI=1S/C13H18N6O3/c1-8(7-22-4)15-13-16-9(2)11(19(20)21)12(17-13)18-6-5-14-10(18)3/h5-6,8H,7H2,1-4H3,(H,15,16,17). The Kier molecular flexibility index (Phi) is 4.66. The van der Waals surface area contributed by atoms with Crippen molar-refractivity contribution >= 4 is 11.6 Å². The fourth-order valence-corrected chi connectivity index (χ4v) is 2.11. The van der Waals surface area contributed by atoms with Crippen LogP contribution in [-0.2, 0) is 4.74 Å². The zero-order valence-electron chi connectivity index (χ0n) is 12.9. The molecule has 2 heterocycles. The second-order valence-corrected chi connectivity index (χ2v) is 4.91. The zero-order valence-corrected chi connectivity index (χ0v) is 12.9. The summed E-state index contributed by atoms with van der Waals surface area (Å²) >= 11 is 0. The Balaban J connectivity index is 2.51. The molecule has 0 fully saturated rings. The lowest BCUT2D eigenvalue weighted by molar-refractivity contribution is -0.385. The fourth-order valence-electron chi connectivity index (χ4n) is 2.11. The molecule has 0 aliphatic heterocycles. The van der Waals surface area contributed by atoms with Gasteiger partial charge < -0.3 is 10.1 Å². The van der Waals surface area contributed by atoms with E-state index in [2.05, 4.69) is 20.3 Å². The van der Waals surface area contributed by atoms with Crippen LogP contribution in [0.25, 0.3) is 5.82 Å². The highest BCUT2D eigenvalue weighted by Crippen LogP contribution is 2.26. The molecule has 1 N–H and O–H groups in total. The highest BCUT2D eigenvalue weighted by molar-refractivity contribution is 5.54. The summed E-state index contributed by atoms with van der Waals surface area (Å²) < 4.78 is 6.62. The van der Waals surface area contributed by atoms with Crippen molar-refractivity contribution in [1.29, 1.82) is 0 Å². The first kappa shape index (κ1) is 15.8. The van der Waals surface area contributed by atoms with Gasteiger partial charge in [-0.2, -0.15) is 4.98 Å². The average molecular weight is 306 g/mol. The molecule has 0 aliphatic carbocycles. The van der Waals surface area contributed by atoms with Crippen molar-refractivity contribution in [1.82, 2.24) is 19.5 Å². The van der Waals surface area contributed by atoms with E-state index in [0.29, 0.717) is 18.4 Å². The smallest absolute Gasteiger partial charge is 0.333 e. The molecule has 0 saturated carbocycles. The molecular formula is C13H18N6O3. The van der Waals surface area contributed by atoms with Crippen molar-refractivity contribution in [3.8, 4) is 5.82 Å². The van der Waals surface area contributed by atoms with Crippen LogP contribution < -0.4 is 5.32 Å². The third-order valence-electron chi connectivity index (χ3n) is 3.07. The van der Waals surface area contributed by atoms with Gasteiger partial charge in [-0.15, -0.1) is 0 Å². The van der Waals surface area contributed by atoms with Gasteiger partial charge in [0.05, 0.1) is 11.5 Å². The lowest BCUT2D eigenvalue weighted by atomic mass is 10.3. The molecule has 2 aromatic rings. The van der Waals surface area contributed by atoms with Crippen LogP contribution in [0.3, 0.4) is 0 Å². The molecule has 0 saturated heterocycles. The van der Waals surface area contributed by atoms with Crippen molar-refractivity contribution in [2.24, 2.45) is 0 Å². The normalized spacial score (nSPS) is 12.2. The molecule has 1 atom stereocenters. The van der Waals surface area contributed by atoms with Crippen molar-refractivity contribution in [3.05, 3.63) is 34.0 Å². The summed E-state index contributed by atoms with van der Waals surface area (Å²) in [4.78, 5) is 23.4. The van der Waals surface area contributed by atoms with Gasteiger partial charge in [-0.25, -0.2) is 9.97 Å². The van der Waals surface area contributed by atoms with Crippen molar-refractivity contribution in [2.75, 3.05) is 19.0 Å². The minimum Gasteiger partial charge on any atom is -0.383 e. The molecule has 0 spiro atoms. The van der Waals surface area contributed by atoms with Crippen LogP contribution >= 0.6 is 0 Å². The van der Waals surface area contributed by atoms with Crippen molar-refractivity contribution in [2.45, 2.75) is 26.8 Å². The molecular weight excluding hydrogens is 288 g/mol. The lowest BCUT2D eigenvalue weighted by Crippen LogP contribution is -2.23. The third kappa shape index (κ3) is 3.19. The summed E-state index contributed by atoms with van der Waals surface area (Å²) in [7, 11) is 1.60. The van der Waals surface area contributed by atoms with E-state index in [4.69, 9.17) is 4.74 Å². The van der Waals surface area contributed by atoms with E-state index < -0.39 is 4.92 Å². The molecule has 22 heavy (non-hydrogen) atoms. The summed E-state index contributed by atoms with van der Waals surface area (Å²) in [6, 6.07) is -0.0254. The van der Waals surface area contributed by atoms with Gasteiger partial charge in [0.2, 0.25) is 11.8 Å². The van der Waals surface area contributed by atoms with Gasteiger partial charge in [0.1, 0.15) is 11.5 Å². The molecule has 0 aliphatic rings. The number of methoxy groups -OCH3 is 1. The molecule has 118 valence electrons. The molecule has 0 amide bonds. The Labute approximate surface area is 127 Å². The Morgan fingerprint density at radius 1 is 1.45 bits per heavy atom. The highest BCUT2D eigenvalue weighted by atomic mass is 16.6. The quantitative estimate of drug-likeness (QED) is 0.638. The molecule has 0 bridgehead atoms. The number of rotatable bonds is 6. The van der Waals surface area contributed by atoms with Gasteiger partial charge in [0.15, 0.2) is 0 Å². The van der Waals surface area contributed by atoms with Gasteiger partial charge in [0.25, 0.3) is 0 Å². The number of aromatic nitrogens is 4. The molecule has 9 heteroatoms. The summed E-state index contributed by atoms with van der Waals surface area (Å²) in [5, 5.41) is 14.4. The molecule has 0 radical (unpaired) electrons. The Bertz CT molecular complexity index is 684. The average Bonchev–Trinajstić information content (AvgIpc) is 2.83. The number of hydrogen-bond donors (Lipinski definition) is 1. The van der Waals surface area contributed by atoms with Gasteiger partial charge in [-0.3, -0.25) is 14.7 Å². The largest absolute Gasteiger partial charge is 0.383 e. The van der Waals surface area contributed by atoms with Gasteiger partial charge in [-0.05, 0) is 20.8 Å². The molecule has 0 aromatic carbocycles. The topological polar surface area (TPSA) is 108 Å². The van der Waals surface area contributed by atoms with Crippen molar-refractivity contribution in [3.63, 3.8) is 0 Å². The van der Waals surface area contributed by atoms with E-state index in [0.717, 1.165) is 0 Å². The van der Waals surface area contributed by atoms with E-state index in [-0.39, 0.29) is 23.2 Å². The second-order valence-electron chi connectivity index (χ2n) is 4.91. The number of hydrogen-bond acceptors (Lipinski definition) is 7. The number of nitrogens with zero attached hydrogens (tertiary/aromatic N) is 5. The summed E-state index contributed by atoms with van der Waals surface area (Å²) in [5.74, 6) is 1.12. The third-order valence-corrected chi connectivity index (χ3v) is 3.07. The molecule has 2 aromatic heterocycles. The second kappa shape index (κ2) is 6.48. The predicted molar refractivity (Wildman–Crippen MR) is 80.2 cm³/mol. The van der Waals surface area contributed by atoms with Crippen molar-refractivity contribution < 1.29 is 9.66 Å². The van der Waals surface area contributed by atoms with Crippen LogP contribution in [0.1, 0.15) is 18.4 Å². The van der Waals surface area contributed by atoms with Crippen LogP contribution in [0.2, 0.25) is 0 Å². The predicted octanol–water partition coefficient (Wildman–Crippen LogP) is 1.63. The molecule has 1 unspecified atom stereocenters. The zero-order chi connectivity index (χ0) is 16.3. The van der Waals surface area contributed by atoms with Crippen LogP contribution in [0.4, 0.5) is 11.6 Å². The van der Waals surface area contributed by atoms with Gasteiger partial charge >= 0.3 is 5.69 Å². The van der Waals surface area contributed by atoms with Crippen LogP contribution in [0.5, 0.6) is 0 Å². The first-order valence-electron chi connectivity index (χ1n) is 6.72. The Morgan fingerprint density at radius 2 is 2.18 bits per heavy atom. The molecule has 9 nitrogen and oxygen atoms in total. The van der Waals surface area contributed by atoms with Crippen LogP contribution in [0.15, 0.2) is 12.4 Å². The molecule has 2 rings (SSSR count). The number of aryl methyl sites for hydroxylation is 2.